The number of hydrogen-bond acceptors (Lipinski definition) is 7. The van der Waals surface area contributed by atoms with E-state index in [0.29, 0.717) is 31.0 Å². The Morgan fingerprint density at radius 2 is 1.28 bits per heavy atom. The van der Waals surface area contributed by atoms with Crippen molar-refractivity contribution in [3.05, 3.63) is 149 Å². The molecule has 0 amide bonds. The first-order valence-corrected chi connectivity index (χ1v) is 21.9. The van der Waals surface area contributed by atoms with E-state index in [-0.39, 0.29) is 34.7 Å². The normalized spacial score (nSPS) is 29.2. The molecule has 2 aliphatic carbocycles. The number of rotatable bonds is 11. The van der Waals surface area contributed by atoms with E-state index >= 15 is 0 Å². The highest BCUT2D eigenvalue weighted by molar-refractivity contribution is 5.91. The summed E-state index contributed by atoms with van der Waals surface area (Å²) in [4.78, 5) is 27.4. The van der Waals surface area contributed by atoms with Crippen LogP contribution in [-0.4, -0.2) is 48.6 Å². The maximum Gasteiger partial charge on any atom is 0.350 e. The number of fused-ring (bicyclic) bond motifs is 3. The van der Waals surface area contributed by atoms with Crippen molar-refractivity contribution in [2.75, 3.05) is 13.2 Å². The van der Waals surface area contributed by atoms with Crippen LogP contribution in [0.25, 0.3) is 0 Å². The molecule has 0 aromatic heterocycles. The summed E-state index contributed by atoms with van der Waals surface area (Å²) in [6.45, 7) is 17.7. The van der Waals surface area contributed by atoms with Crippen molar-refractivity contribution in [3.63, 3.8) is 0 Å². The first kappa shape index (κ1) is 42.0. The summed E-state index contributed by atoms with van der Waals surface area (Å²) in [7, 11) is 0. The second-order valence-corrected chi connectivity index (χ2v) is 20.0. The van der Waals surface area contributed by atoms with Gasteiger partial charge in [-0.15, -0.1) is 0 Å². The molecule has 0 N–H and O–H groups in total. The number of benzene rings is 4. The zero-order valence-electron chi connectivity index (χ0n) is 36.7. The monoisotopic (exact) mass is 810 g/mol. The first-order valence-electron chi connectivity index (χ1n) is 21.9. The molecule has 7 atom stereocenters. The van der Waals surface area contributed by atoms with Gasteiger partial charge >= 0.3 is 11.9 Å². The van der Waals surface area contributed by atoms with Crippen LogP contribution in [0.15, 0.2) is 127 Å². The second-order valence-electron chi connectivity index (χ2n) is 20.0. The smallest absolute Gasteiger partial charge is 0.350 e. The Hall–Kier alpha value is -4.72. The van der Waals surface area contributed by atoms with Crippen molar-refractivity contribution < 1.29 is 33.3 Å². The third-order valence-electron chi connectivity index (χ3n) is 14.7. The summed E-state index contributed by atoms with van der Waals surface area (Å²) in [5, 5.41) is 0. The lowest BCUT2D eigenvalue weighted by atomic mass is 9.44. The van der Waals surface area contributed by atoms with Crippen molar-refractivity contribution in [1.29, 1.82) is 0 Å². The molecule has 2 saturated carbocycles. The molecular formula is C53H62O7. The lowest BCUT2D eigenvalue weighted by Crippen LogP contribution is -2.63. The van der Waals surface area contributed by atoms with Crippen LogP contribution in [-0.2, 0) is 39.6 Å². The number of carbonyl (C=O) groups excluding carboxylic acids is 2. The quantitative estimate of drug-likeness (QED) is 0.110. The summed E-state index contributed by atoms with van der Waals surface area (Å²) in [6.07, 6.45) is 5.00. The van der Waals surface area contributed by atoms with Crippen LogP contribution in [0.3, 0.4) is 0 Å². The van der Waals surface area contributed by atoms with Crippen molar-refractivity contribution in [2.45, 2.75) is 122 Å². The highest BCUT2D eigenvalue weighted by atomic mass is 16.6. The molecule has 8 rings (SSSR count). The Morgan fingerprint density at radius 1 is 0.717 bits per heavy atom. The largest absolute Gasteiger partial charge is 0.476 e. The molecule has 7 nitrogen and oxygen atoms in total. The summed E-state index contributed by atoms with van der Waals surface area (Å²) < 4.78 is 33.2. The maximum absolute atomic E-state index is 14.6. The van der Waals surface area contributed by atoms with Crippen molar-refractivity contribution >= 4 is 11.9 Å². The van der Waals surface area contributed by atoms with E-state index in [1.807, 2.05) is 36.4 Å². The van der Waals surface area contributed by atoms with Gasteiger partial charge < -0.3 is 23.7 Å². The lowest BCUT2D eigenvalue weighted by Gasteiger charge is -2.62. The van der Waals surface area contributed by atoms with Crippen LogP contribution in [0.4, 0.5) is 0 Å². The Balaban J connectivity index is 1.17. The van der Waals surface area contributed by atoms with Crippen LogP contribution in [0.5, 0.6) is 5.75 Å². The van der Waals surface area contributed by atoms with E-state index in [2.05, 4.69) is 126 Å². The van der Waals surface area contributed by atoms with Gasteiger partial charge in [-0.25, -0.2) is 9.59 Å². The lowest BCUT2D eigenvalue weighted by molar-refractivity contribution is -0.225. The number of ether oxygens (including phenoxy) is 5. The summed E-state index contributed by atoms with van der Waals surface area (Å²) in [6, 6.07) is 39.4. The standard InChI is InChI=1S/C53H62O7/c1-48(2,3)36-24-26-40(27-25-36)59-49(4,5)47(55)58-45-29-31-50(6)43(28-32-52(8)44(50)34-42(60-52)41-30-33-56-46(41)54)51(45,7)35-57-53(37-18-12-9-13-19-37,38-20-14-10-15-21-38)39-22-16-11-17-23-39/h9-27,30,42-45H,28-29,31-35H2,1-8H3/t42?,43-,44?,45+,50+,51-,52+/m0/s1. The van der Waals surface area contributed by atoms with E-state index in [9.17, 15) is 9.59 Å². The summed E-state index contributed by atoms with van der Waals surface area (Å²) in [5.74, 6) is 0.202. The molecule has 4 aromatic rings. The topological polar surface area (TPSA) is 80.3 Å². The van der Waals surface area contributed by atoms with Crippen LogP contribution >= 0.6 is 0 Å². The summed E-state index contributed by atoms with van der Waals surface area (Å²) in [5.41, 5.74) is 1.42. The van der Waals surface area contributed by atoms with Gasteiger partial charge in [-0.3, -0.25) is 0 Å². The molecule has 1 saturated heterocycles. The average molecular weight is 811 g/mol. The van der Waals surface area contributed by atoms with Gasteiger partial charge in [0.2, 0.25) is 0 Å². The van der Waals surface area contributed by atoms with Crippen molar-refractivity contribution in [1.82, 2.24) is 0 Å². The highest BCUT2D eigenvalue weighted by Gasteiger charge is 2.66. The minimum atomic E-state index is -1.26. The molecule has 316 valence electrons. The molecule has 0 radical (unpaired) electrons. The van der Waals surface area contributed by atoms with Gasteiger partial charge in [0, 0.05) is 5.41 Å². The van der Waals surface area contributed by atoms with E-state index < -0.39 is 34.3 Å². The molecule has 0 bridgehead atoms. The second kappa shape index (κ2) is 15.6. The van der Waals surface area contributed by atoms with Crippen LogP contribution in [0.1, 0.15) is 110 Å². The van der Waals surface area contributed by atoms with Crippen LogP contribution in [0.2, 0.25) is 0 Å². The molecule has 4 aliphatic rings. The van der Waals surface area contributed by atoms with Gasteiger partial charge in [0.1, 0.15) is 24.1 Å². The predicted molar refractivity (Wildman–Crippen MR) is 233 cm³/mol. The zero-order chi connectivity index (χ0) is 42.6. The van der Waals surface area contributed by atoms with Crippen LogP contribution < -0.4 is 4.74 Å². The fraction of sp³-hybridized carbons (Fsp3) is 0.472. The van der Waals surface area contributed by atoms with Gasteiger partial charge in [0.15, 0.2) is 5.60 Å². The van der Waals surface area contributed by atoms with Crippen molar-refractivity contribution in [2.24, 2.45) is 22.7 Å². The Kier molecular flexibility index (Phi) is 10.9. The maximum atomic E-state index is 14.6. The molecule has 0 spiro atoms. The molecule has 2 aliphatic heterocycles. The van der Waals surface area contributed by atoms with Crippen molar-refractivity contribution in [3.8, 4) is 5.75 Å². The number of cyclic esters (lactones) is 1. The van der Waals surface area contributed by atoms with Gasteiger partial charge in [0.05, 0.1) is 23.9 Å². The first-order chi connectivity index (χ1) is 28.5. The van der Waals surface area contributed by atoms with E-state index in [1.54, 1.807) is 13.8 Å². The molecule has 60 heavy (non-hydrogen) atoms. The fourth-order valence-corrected chi connectivity index (χ4v) is 11.4. The molecule has 7 heteroatoms. The minimum Gasteiger partial charge on any atom is -0.476 e. The Morgan fingerprint density at radius 3 is 1.80 bits per heavy atom. The van der Waals surface area contributed by atoms with E-state index in [0.717, 1.165) is 42.4 Å². The molecule has 4 aromatic carbocycles. The van der Waals surface area contributed by atoms with E-state index in [1.165, 1.54) is 5.56 Å². The van der Waals surface area contributed by atoms with Gasteiger partial charge in [-0.05, 0) is 116 Å². The van der Waals surface area contributed by atoms with Gasteiger partial charge in [0.25, 0.3) is 0 Å². The number of hydrogen-bond donors (Lipinski definition) is 0. The summed E-state index contributed by atoms with van der Waals surface area (Å²) >= 11 is 0. The molecule has 3 fully saturated rings. The Labute approximate surface area is 356 Å². The minimum absolute atomic E-state index is 0.00414. The Bertz CT molecular complexity index is 2090. The van der Waals surface area contributed by atoms with Crippen LogP contribution in [0, 0.1) is 22.7 Å². The molecule has 2 heterocycles. The highest BCUT2D eigenvalue weighted by Crippen LogP contribution is 2.67. The number of esters is 2. The predicted octanol–water partition coefficient (Wildman–Crippen LogP) is 10.9. The molecular weight excluding hydrogens is 749 g/mol. The third-order valence-corrected chi connectivity index (χ3v) is 14.7. The fourth-order valence-electron chi connectivity index (χ4n) is 11.4. The molecule has 2 unspecified atom stereocenters. The van der Waals surface area contributed by atoms with Gasteiger partial charge in [-0.2, -0.15) is 0 Å². The van der Waals surface area contributed by atoms with E-state index in [4.69, 9.17) is 23.7 Å². The third kappa shape index (κ3) is 7.40. The zero-order valence-corrected chi connectivity index (χ0v) is 36.7. The SMILES string of the molecule is CC(C)(Oc1ccc(C(C)(C)C)cc1)C(=O)O[C@@H]1CC[C@@]2(C)C3CC(C4=CCOC4=O)O[C@]3(C)CC[C@@H]2[C@]1(C)COC(c1ccccc1)(c1ccccc1)c1ccccc1. The van der Waals surface area contributed by atoms with Gasteiger partial charge in [-0.1, -0.05) is 138 Å². The number of carbonyl (C=O) groups is 2. The average Bonchev–Trinajstić information content (AvgIpc) is 3.83.